The zero-order valence-corrected chi connectivity index (χ0v) is 12.5. The lowest BCUT2D eigenvalue weighted by Gasteiger charge is -2.26. The fraction of sp³-hybridized carbons (Fsp3) is 0.600. The van der Waals surface area contributed by atoms with E-state index in [0.29, 0.717) is 6.04 Å². The first-order chi connectivity index (χ1) is 9.26. The van der Waals surface area contributed by atoms with Crippen LogP contribution in [0.1, 0.15) is 25.3 Å². The van der Waals surface area contributed by atoms with Crippen molar-refractivity contribution in [1.29, 1.82) is 0 Å². The number of nitrogens with zero attached hydrogens (tertiary/aromatic N) is 1. The molecule has 0 radical (unpaired) electrons. The summed E-state index contributed by atoms with van der Waals surface area (Å²) in [5.74, 6) is 0. The standard InChI is InChI=1S/C15H23ClN2O/c1-3-18(14-6-7-14)15-10-13(16)5-4-12(15)11-17-8-9-19-2/h4-5,10,14,17H,3,6-9,11H2,1-2H3. The highest BCUT2D eigenvalue weighted by Crippen LogP contribution is 2.34. The number of hydrogen-bond acceptors (Lipinski definition) is 3. The summed E-state index contributed by atoms with van der Waals surface area (Å²) in [5, 5.41) is 4.22. The SMILES string of the molecule is CCN(c1cc(Cl)ccc1CNCCOC)C1CC1. The molecule has 0 spiro atoms. The highest BCUT2D eigenvalue weighted by molar-refractivity contribution is 6.30. The largest absolute Gasteiger partial charge is 0.383 e. The molecule has 0 heterocycles. The molecule has 2 rings (SSSR count). The van der Waals surface area contributed by atoms with Crippen LogP contribution in [0, 0.1) is 0 Å². The molecular formula is C15H23ClN2O. The second kappa shape index (κ2) is 7.13. The second-order valence-electron chi connectivity index (χ2n) is 4.96. The predicted molar refractivity (Wildman–Crippen MR) is 81.1 cm³/mol. The molecule has 0 saturated heterocycles. The van der Waals surface area contributed by atoms with Crippen molar-refractivity contribution in [2.45, 2.75) is 32.4 Å². The summed E-state index contributed by atoms with van der Waals surface area (Å²) in [7, 11) is 1.72. The van der Waals surface area contributed by atoms with Crippen LogP contribution in [0.15, 0.2) is 18.2 Å². The molecule has 1 aromatic rings. The number of rotatable bonds is 8. The minimum absolute atomic E-state index is 0.709. The van der Waals surface area contributed by atoms with E-state index in [1.165, 1.54) is 24.1 Å². The maximum Gasteiger partial charge on any atom is 0.0587 e. The lowest BCUT2D eigenvalue weighted by molar-refractivity contribution is 0.199. The summed E-state index contributed by atoms with van der Waals surface area (Å²) >= 11 is 6.16. The van der Waals surface area contributed by atoms with Crippen LogP contribution in [-0.4, -0.2) is 32.8 Å². The fourth-order valence-electron chi connectivity index (χ4n) is 2.36. The maximum absolute atomic E-state index is 6.16. The lowest BCUT2D eigenvalue weighted by atomic mass is 10.1. The maximum atomic E-state index is 6.16. The molecule has 1 N–H and O–H groups in total. The van der Waals surface area contributed by atoms with Crippen molar-refractivity contribution in [3.8, 4) is 0 Å². The highest BCUT2D eigenvalue weighted by Gasteiger charge is 2.29. The van der Waals surface area contributed by atoms with Crippen LogP contribution in [0.3, 0.4) is 0 Å². The third kappa shape index (κ3) is 4.10. The van der Waals surface area contributed by atoms with Gasteiger partial charge in [-0.05, 0) is 37.5 Å². The van der Waals surface area contributed by atoms with Crippen molar-refractivity contribution >= 4 is 17.3 Å². The first kappa shape index (κ1) is 14.6. The van der Waals surface area contributed by atoms with Crippen molar-refractivity contribution in [2.75, 3.05) is 31.7 Å². The Bertz CT molecular complexity index is 407. The molecule has 4 heteroatoms. The van der Waals surface area contributed by atoms with Gasteiger partial charge >= 0.3 is 0 Å². The highest BCUT2D eigenvalue weighted by atomic mass is 35.5. The Hall–Kier alpha value is -0.770. The van der Waals surface area contributed by atoms with Crippen LogP contribution in [0.25, 0.3) is 0 Å². The Kier molecular flexibility index (Phi) is 5.49. The molecule has 1 fully saturated rings. The summed E-state index contributed by atoms with van der Waals surface area (Å²) in [6, 6.07) is 6.90. The van der Waals surface area contributed by atoms with Gasteiger partial charge in [0.1, 0.15) is 0 Å². The molecule has 1 saturated carbocycles. The quantitative estimate of drug-likeness (QED) is 0.742. The number of hydrogen-bond donors (Lipinski definition) is 1. The van der Waals surface area contributed by atoms with Gasteiger partial charge in [0.05, 0.1) is 6.61 Å². The summed E-state index contributed by atoms with van der Waals surface area (Å²) in [6.07, 6.45) is 2.60. The van der Waals surface area contributed by atoms with Crippen molar-refractivity contribution in [1.82, 2.24) is 5.32 Å². The fourth-order valence-corrected chi connectivity index (χ4v) is 2.53. The molecule has 106 valence electrons. The molecule has 3 nitrogen and oxygen atoms in total. The lowest BCUT2D eigenvalue weighted by Crippen LogP contribution is -2.27. The Morgan fingerprint density at radius 1 is 1.42 bits per heavy atom. The molecule has 0 amide bonds. The van der Waals surface area contributed by atoms with E-state index in [-0.39, 0.29) is 0 Å². The van der Waals surface area contributed by atoms with Gasteiger partial charge in [-0.15, -0.1) is 0 Å². The minimum Gasteiger partial charge on any atom is -0.383 e. The van der Waals surface area contributed by atoms with Crippen LogP contribution < -0.4 is 10.2 Å². The van der Waals surface area contributed by atoms with Crippen molar-refractivity contribution < 1.29 is 4.74 Å². The van der Waals surface area contributed by atoms with Crippen LogP contribution in [0.4, 0.5) is 5.69 Å². The average Bonchev–Trinajstić information content (AvgIpc) is 3.22. The van der Waals surface area contributed by atoms with Crippen LogP contribution >= 0.6 is 11.6 Å². The van der Waals surface area contributed by atoms with E-state index in [1.807, 2.05) is 6.07 Å². The number of benzene rings is 1. The van der Waals surface area contributed by atoms with E-state index < -0.39 is 0 Å². The molecule has 0 aliphatic heterocycles. The number of ether oxygens (including phenoxy) is 1. The van der Waals surface area contributed by atoms with E-state index in [4.69, 9.17) is 16.3 Å². The summed E-state index contributed by atoms with van der Waals surface area (Å²) in [6.45, 7) is 5.72. The summed E-state index contributed by atoms with van der Waals surface area (Å²) in [4.78, 5) is 2.47. The predicted octanol–water partition coefficient (Wildman–Crippen LogP) is 3.06. The smallest absolute Gasteiger partial charge is 0.0587 e. The van der Waals surface area contributed by atoms with Crippen molar-refractivity contribution in [2.24, 2.45) is 0 Å². The Balaban J connectivity index is 2.08. The Morgan fingerprint density at radius 3 is 2.84 bits per heavy atom. The molecule has 0 aromatic heterocycles. The average molecular weight is 283 g/mol. The van der Waals surface area contributed by atoms with Crippen LogP contribution in [-0.2, 0) is 11.3 Å². The molecule has 19 heavy (non-hydrogen) atoms. The van der Waals surface area contributed by atoms with Gasteiger partial charge in [-0.1, -0.05) is 17.7 Å². The topological polar surface area (TPSA) is 24.5 Å². The first-order valence-corrected chi connectivity index (χ1v) is 7.38. The molecule has 0 atom stereocenters. The number of methoxy groups -OCH3 is 1. The third-order valence-corrected chi connectivity index (χ3v) is 3.72. The van der Waals surface area contributed by atoms with Gasteiger partial charge < -0.3 is 15.0 Å². The zero-order chi connectivity index (χ0) is 13.7. The van der Waals surface area contributed by atoms with Gasteiger partial charge in [0, 0.05) is 43.5 Å². The summed E-state index contributed by atoms with van der Waals surface area (Å²) in [5.41, 5.74) is 2.59. The normalized spacial score (nSPS) is 14.7. The summed E-state index contributed by atoms with van der Waals surface area (Å²) < 4.78 is 5.05. The van der Waals surface area contributed by atoms with Gasteiger partial charge in [0.15, 0.2) is 0 Å². The van der Waals surface area contributed by atoms with Gasteiger partial charge in [-0.25, -0.2) is 0 Å². The van der Waals surface area contributed by atoms with E-state index in [9.17, 15) is 0 Å². The monoisotopic (exact) mass is 282 g/mol. The Labute approximate surface area is 120 Å². The second-order valence-corrected chi connectivity index (χ2v) is 5.40. The van der Waals surface area contributed by atoms with E-state index in [0.717, 1.165) is 31.3 Å². The van der Waals surface area contributed by atoms with Gasteiger partial charge in [0.25, 0.3) is 0 Å². The molecule has 1 aliphatic carbocycles. The van der Waals surface area contributed by atoms with Gasteiger partial charge in [-0.3, -0.25) is 0 Å². The van der Waals surface area contributed by atoms with E-state index >= 15 is 0 Å². The minimum atomic E-state index is 0.709. The van der Waals surface area contributed by atoms with Gasteiger partial charge in [0.2, 0.25) is 0 Å². The first-order valence-electron chi connectivity index (χ1n) is 7.01. The molecule has 0 bridgehead atoms. The zero-order valence-electron chi connectivity index (χ0n) is 11.8. The van der Waals surface area contributed by atoms with Crippen LogP contribution in [0.2, 0.25) is 5.02 Å². The molecular weight excluding hydrogens is 260 g/mol. The number of anilines is 1. The Morgan fingerprint density at radius 2 is 2.21 bits per heavy atom. The van der Waals surface area contributed by atoms with Crippen LogP contribution in [0.5, 0.6) is 0 Å². The van der Waals surface area contributed by atoms with Crippen molar-refractivity contribution in [3.63, 3.8) is 0 Å². The number of nitrogens with one attached hydrogen (secondary N) is 1. The van der Waals surface area contributed by atoms with E-state index in [1.54, 1.807) is 7.11 Å². The molecule has 0 unspecified atom stereocenters. The van der Waals surface area contributed by atoms with Crippen molar-refractivity contribution in [3.05, 3.63) is 28.8 Å². The molecule has 1 aliphatic rings. The molecule has 1 aromatic carbocycles. The van der Waals surface area contributed by atoms with E-state index in [2.05, 4.69) is 29.3 Å². The number of halogens is 1. The van der Waals surface area contributed by atoms with Gasteiger partial charge in [-0.2, -0.15) is 0 Å². The third-order valence-electron chi connectivity index (χ3n) is 3.48.